The third-order valence-corrected chi connectivity index (χ3v) is 3.21. The molecule has 0 atom stereocenters. The van der Waals surface area contributed by atoms with E-state index < -0.39 is 33.7 Å². The van der Waals surface area contributed by atoms with Crippen molar-refractivity contribution in [1.82, 2.24) is 10.3 Å². The Morgan fingerprint density at radius 1 is 1.38 bits per heavy atom. The van der Waals surface area contributed by atoms with Crippen LogP contribution >= 0.6 is 11.3 Å². The van der Waals surface area contributed by atoms with Crippen molar-refractivity contribution in [3.63, 3.8) is 0 Å². The van der Waals surface area contributed by atoms with Crippen LogP contribution < -0.4 is 10.2 Å². The number of nitro benzene ring substituents is 1. The van der Waals surface area contributed by atoms with Crippen molar-refractivity contribution in [3.8, 4) is 0 Å². The maximum atomic E-state index is 13.6. The molecule has 0 spiro atoms. The molecule has 0 unspecified atom stereocenters. The number of carbonyl (C=O) groups excluding carboxylic acids is 1. The van der Waals surface area contributed by atoms with Crippen molar-refractivity contribution < 1.29 is 18.5 Å². The molecule has 2 aromatic rings. The molecule has 0 radical (unpaired) electrons. The van der Waals surface area contributed by atoms with Gasteiger partial charge in [0.05, 0.1) is 23.1 Å². The van der Waals surface area contributed by atoms with Gasteiger partial charge in [0.15, 0.2) is 0 Å². The quantitative estimate of drug-likeness (QED) is 0.659. The van der Waals surface area contributed by atoms with Gasteiger partial charge in [0.2, 0.25) is 5.82 Å². The Kier molecular flexibility index (Phi) is 4.08. The largest absolute Gasteiger partial charge is 0.346 e. The zero-order valence-electron chi connectivity index (χ0n) is 10.2. The molecule has 7 nitrogen and oxygen atoms in total. The van der Waals surface area contributed by atoms with E-state index in [0.29, 0.717) is 17.8 Å². The number of aromatic nitrogens is 1. The predicted molar refractivity (Wildman–Crippen MR) is 69.1 cm³/mol. The average Bonchev–Trinajstić information content (AvgIpc) is 2.83. The van der Waals surface area contributed by atoms with Gasteiger partial charge in [-0.1, -0.05) is 11.3 Å². The molecule has 0 fully saturated rings. The highest BCUT2D eigenvalue weighted by Gasteiger charge is 2.21. The first-order chi connectivity index (χ1) is 9.88. The Balaban J connectivity index is 2.17. The Morgan fingerprint density at radius 3 is 2.67 bits per heavy atom. The number of amides is 1. The van der Waals surface area contributed by atoms with Crippen LogP contribution in [0.1, 0.15) is 16.1 Å². The molecule has 21 heavy (non-hydrogen) atoms. The smallest absolute Gasteiger partial charge is 0.307 e. The monoisotopic (exact) mass is 315 g/mol. The first kappa shape index (κ1) is 14.8. The van der Waals surface area contributed by atoms with Gasteiger partial charge in [0.1, 0.15) is 5.82 Å². The molecule has 2 N–H and O–H groups in total. The molecule has 1 amide bonds. The molecular formula is C11H7F2N3O4S. The fourth-order valence-electron chi connectivity index (χ4n) is 1.52. The molecule has 1 aromatic carbocycles. The number of nitrogens with zero attached hydrogens (tertiary/aromatic N) is 1. The van der Waals surface area contributed by atoms with Crippen molar-refractivity contribution in [2.75, 3.05) is 0 Å². The van der Waals surface area contributed by atoms with Crippen molar-refractivity contribution in [1.29, 1.82) is 0 Å². The third-order valence-electron chi connectivity index (χ3n) is 2.49. The highest BCUT2D eigenvalue weighted by atomic mass is 32.1. The van der Waals surface area contributed by atoms with Gasteiger partial charge in [0, 0.05) is 11.1 Å². The molecule has 1 heterocycles. The second-order valence-electron chi connectivity index (χ2n) is 3.90. The van der Waals surface area contributed by atoms with Crippen LogP contribution in [-0.2, 0) is 6.54 Å². The highest BCUT2D eigenvalue weighted by molar-refractivity contribution is 7.07. The molecule has 0 aliphatic carbocycles. The zero-order valence-corrected chi connectivity index (χ0v) is 11.0. The van der Waals surface area contributed by atoms with Gasteiger partial charge in [-0.2, -0.15) is 4.39 Å². The number of H-pyrrole nitrogens is 1. The SMILES string of the molecule is O=C(NCc1csc(=O)[nH]1)c1cc(F)c([N+](=O)[O-])cc1F. The molecule has 110 valence electrons. The number of aromatic amines is 1. The number of nitro groups is 1. The average molecular weight is 315 g/mol. The number of hydrogen-bond donors (Lipinski definition) is 2. The van der Waals surface area contributed by atoms with Gasteiger partial charge >= 0.3 is 10.6 Å². The molecular weight excluding hydrogens is 308 g/mol. The van der Waals surface area contributed by atoms with Crippen LogP contribution in [0.4, 0.5) is 14.5 Å². The summed E-state index contributed by atoms with van der Waals surface area (Å²) >= 11 is 0.891. The molecule has 10 heteroatoms. The van der Waals surface area contributed by atoms with Crippen LogP contribution in [0.15, 0.2) is 22.3 Å². The second-order valence-corrected chi connectivity index (χ2v) is 4.74. The molecule has 0 saturated heterocycles. The van der Waals surface area contributed by atoms with E-state index in [1.807, 2.05) is 0 Å². The fraction of sp³-hybridized carbons (Fsp3) is 0.0909. The van der Waals surface area contributed by atoms with Gasteiger partial charge in [-0.15, -0.1) is 0 Å². The van der Waals surface area contributed by atoms with E-state index in [1.54, 1.807) is 0 Å². The topological polar surface area (TPSA) is 105 Å². The van der Waals surface area contributed by atoms with E-state index >= 15 is 0 Å². The molecule has 0 bridgehead atoms. The lowest BCUT2D eigenvalue weighted by Gasteiger charge is -2.05. The van der Waals surface area contributed by atoms with Gasteiger partial charge in [-0.05, 0) is 6.07 Å². The fourth-order valence-corrected chi connectivity index (χ4v) is 2.10. The summed E-state index contributed by atoms with van der Waals surface area (Å²) in [7, 11) is 0. The first-order valence-electron chi connectivity index (χ1n) is 5.47. The summed E-state index contributed by atoms with van der Waals surface area (Å²) in [5.41, 5.74) is -1.30. The highest BCUT2D eigenvalue weighted by Crippen LogP contribution is 2.21. The Bertz CT molecular complexity index is 771. The van der Waals surface area contributed by atoms with Crippen LogP contribution in [0.5, 0.6) is 0 Å². The van der Waals surface area contributed by atoms with E-state index in [-0.39, 0.29) is 11.4 Å². The van der Waals surface area contributed by atoms with Crippen molar-refractivity contribution in [2.45, 2.75) is 6.54 Å². The minimum absolute atomic E-state index is 0.0877. The summed E-state index contributed by atoms with van der Waals surface area (Å²) in [4.78, 5) is 34.0. The lowest BCUT2D eigenvalue weighted by atomic mass is 10.1. The second kappa shape index (κ2) is 5.79. The van der Waals surface area contributed by atoms with Crippen molar-refractivity contribution >= 4 is 22.9 Å². The Hall–Kier alpha value is -2.62. The number of nitrogens with one attached hydrogen (secondary N) is 2. The first-order valence-corrected chi connectivity index (χ1v) is 6.34. The minimum Gasteiger partial charge on any atom is -0.346 e. The molecule has 0 aliphatic rings. The maximum absolute atomic E-state index is 13.6. The van der Waals surface area contributed by atoms with Gasteiger partial charge in [0.25, 0.3) is 5.91 Å². The van der Waals surface area contributed by atoms with E-state index in [1.165, 1.54) is 5.38 Å². The minimum atomic E-state index is -1.31. The van der Waals surface area contributed by atoms with Gasteiger partial charge < -0.3 is 10.3 Å². The van der Waals surface area contributed by atoms with Gasteiger partial charge in [-0.3, -0.25) is 19.7 Å². The zero-order chi connectivity index (χ0) is 15.6. The number of benzene rings is 1. The lowest BCUT2D eigenvalue weighted by Crippen LogP contribution is -2.24. The number of carbonyl (C=O) groups is 1. The summed E-state index contributed by atoms with van der Waals surface area (Å²) < 4.78 is 27.0. The van der Waals surface area contributed by atoms with E-state index in [9.17, 15) is 28.5 Å². The van der Waals surface area contributed by atoms with Crippen LogP contribution in [0.3, 0.4) is 0 Å². The predicted octanol–water partition coefficient (Wildman–Crippen LogP) is 1.55. The maximum Gasteiger partial charge on any atom is 0.307 e. The molecule has 2 rings (SSSR count). The van der Waals surface area contributed by atoms with Crippen molar-refractivity contribution in [3.05, 3.63) is 60.2 Å². The van der Waals surface area contributed by atoms with Crippen LogP contribution in [-0.4, -0.2) is 15.8 Å². The number of halogens is 2. The van der Waals surface area contributed by atoms with Gasteiger partial charge in [-0.25, -0.2) is 4.39 Å². The Morgan fingerprint density at radius 2 is 2.10 bits per heavy atom. The van der Waals surface area contributed by atoms with E-state index in [4.69, 9.17) is 0 Å². The van der Waals surface area contributed by atoms with Crippen molar-refractivity contribution in [2.24, 2.45) is 0 Å². The Labute approximate surface area is 119 Å². The normalized spacial score (nSPS) is 10.4. The summed E-state index contributed by atoms with van der Waals surface area (Å²) in [5, 5.41) is 14.2. The summed E-state index contributed by atoms with van der Waals surface area (Å²) in [5.74, 6) is -3.47. The van der Waals surface area contributed by atoms with E-state index in [0.717, 1.165) is 11.3 Å². The number of thiazole rings is 1. The summed E-state index contributed by atoms with van der Waals surface area (Å²) in [6.07, 6.45) is 0. The van der Waals surface area contributed by atoms with Crippen LogP contribution in [0, 0.1) is 21.7 Å². The number of hydrogen-bond acceptors (Lipinski definition) is 5. The molecule has 1 aromatic heterocycles. The van der Waals surface area contributed by atoms with Crippen LogP contribution in [0.25, 0.3) is 0 Å². The molecule has 0 aliphatic heterocycles. The standard InChI is InChI=1S/C11H7F2N3O4S/c12-7-2-9(16(19)20)8(13)1-6(7)10(17)14-3-5-4-21-11(18)15-5/h1-2,4H,3H2,(H,14,17)(H,15,18). The summed E-state index contributed by atoms with van der Waals surface area (Å²) in [6.45, 7) is -0.0877. The third kappa shape index (κ3) is 3.28. The molecule has 0 saturated carbocycles. The van der Waals surface area contributed by atoms with E-state index in [2.05, 4.69) is 10.3 Å². The lowest BCUT2D eigenvalue weighted by molar-refractivity contribution is -0.387. The van der Waals surface area contributed by atoms with Crippen LogP contribution in [0.2, 0.25) is 0 Å². The number of rotatable bonds is 4. The summed E-state index contributed by atoms with van der Waals surface area (Å²) in [6, 6.07) is 0.801.